The molecule has 2 amide bonds. The smallest absolute Gasteiger partial charge is 0.258 e. The Bertz CT molecular complexity index is 434. The molecule has 0 fully saturated rings. The minimum Gasteiger partial charge on any atom is -0.289 e. The van der Waals surface area contributed by atoms with E-state index < -0.39 is 11.8 Å². The highest BCUT2D eigenvalue weighted by Crippen LogP contribution is 2.17. The van der Waals surface area contributed by atoms with Crippen molar-refractivity contribution >= 4 is 17.4 Å². The average Bonchev–Trinajstić information content (AvgIpc) is 2.47. The summed E-state index contributed by atoms with van der Waals surface area (Å²) in [4.78, 5) is 22.0. The van der Waals surface area contributed by atoms with Crippen LogP contribution in [0.4, 0.5) is 4.39 Å². The van der Waals surface area contributed by atoms with Crippen LogP contribution in [0.15, 0.2) is 30.3 Å². The highest BCUT2D eigenvalue weighted by atomic mass is 19.1. The van der Waals surface area contributed by atoms with Gasteiger partial charge in [0.05, 0.1) is 5.57 Å². The molecule has 0 spiro atoms. The zero-order chi connectivity index (χ0) is 10.1. The van der Waals surface area contributed by atoms with Gasteiger partial charge in [-0.1, -0.05) is 12.1 Å². The number of hydrogen-bond donors (Lipinski definition) is 1. The number of benzene rings is 1. The third kappa shape index (κ3) is 1.42. The van der Waals surface area contributed by atoms with E-state index in [1.165, 1.54) is 30.3 Å². The van der Waals surface area contributed by atoms with Crippen molar-refractivity contribution in [3.05, 3.63) is 41.7 Å². The van der Waals surface area contributed by atoms with Gasteiger partial charge in [0.2, 0.25) is 0 Å². The number of rotatable bonds is 1. The standard InChI is InChI=1S/C10H6FNO2/c11-7-3-1-6(2-4-7)8-5-9(13)12-10(8)14/h1-5H,(H,12,13,14). The van der Waals surface area contributed by atoms with Gasteiger partial charge in [0, 0.05) is 6.08 Å². The molecule has 1 aliphatic heterocycles. The van der Waals surface area contributed by atoms with E-state index in [4.69, 9.17) is 0 Å². The van der Waals surface area contributed by atoms with Gasteiger partial charge < -0.3 is 0 Å². The van der Waals surface area contributed by atoms with E-state index in [1.54, 1.807) is 0 Å². The summed E-state index contributed by atoms with van der Waals surface area (Å²) >= 11 is 0. The van der Waals surface area contributed by atoms with Gasteiger partial charge in [-0.3, -0.25) is 14.9 Å². The summed E-state index contributed by atoms with van der Waals surface area (Å²) in [6, 6.07) is 5.40. The summed E-state index contributed by atoms with van der Waals surface area (Å²) in [5, 5.41) is 2.12. The molecule has 1 aromatic rings. The summed E-state index contributed by atoms with van der Waals surface area (Å²) in [5.41, 5.74) is 0.810. The van der Waals surface area contributed by atoms with E-state index in [1.807, 2.05) is 0 Å². The maximum Gasteiger partial charge on any atom is 0.258 e. The fourth-order valence-electron chi connectivity index (χ4n) is 1.26. The average molecular weight is 191 g/mol. The number of carbonyl (C=O) groups excluding carboxylic acids is 2. The first-order valence-corrected chi connectivity index (χ1v) is 4.00. The van der Waals surface area contributed by atoms with Crippen molar-refractivity contribution < 1.29 is 14.0 Å². The van der Waals surface area contributed by atoms with Gasteiger partial charge in [-0.15, -0.1) is 0 Å². The zero-order valence-corrected chi connectivity index (χ0v) is 7.08. The monoisotopic (exact) mass is 191 g/mol. The zero-order valence-electron chi connectivity index (χ0n) is 7.08. The molecule has 0 aliphatic carbocycles. The molecule has 0 saturated heterocycles. The van der Waals surface area contributed by atoms with E-state index in [9.17, 15) is 14.0 Å². The molecule has 2 rings (SSSR count). The van der Waals surface area contributed by atoms with Crippen molar-refractivity contribution in [2.75, 3.05) is 0 Å². The lowest BCUT2D eigenvalue weighted by molar-refractivity contribution is -0.123. The Hall–Kier alpha value is -1.97. The van der Waals surface area contributed by atoms with E-state index >= 15 is 0 Å². The lowest BCUT2D eigenvalue weighted by atomic mass is 10.1. The van der Waals surface area contributed by atoms with Gasteiger partial charge >= 0.3 is 0 Å². The van der Waals surface area contributed by atoms with Crippen LogP contribution in [0.25, 0.3) is 5.57 Å². The van der Waals surface area contributed by atoms with Gasteiger partial charge in [0.15, 0.2) is 0 Å². The van der Waals surface area contributed by atoms with Crippen molar-refractivity contribution in [2.24, 2.45) is 0 Å². The molecule has 1 N–H and O–H groups in total. The summed E-state index contributed by atoms with van der Waals surface area (Å²) < 4.78 is 12.6. The molecule has 4 heteroatoms. The predicted octanol–water partition coefficient (Wildman–Crippen LogP) is 0.865. The first-order valence-electron chi connectivity index (χ1n) is 4.00. The van der Waals surface area contributed by atoms with E-state index in [-0.39, 0.29) is 11.4 Å². The third-order valence-corrected chi connectivity index (χ3v) is 1.91. The number of hydrogen-bond acceptors (Lipinski definition) is 2. The molecular weight excluding hydrogens is 185 g/mol. The van der Waals surface area contributed by atoms with Crippen molar-refractivity contribution in [1.82, 2.24) is 5.32 Å². The number of carbonyl (C=O) groups is 2. The van der Waals surface area contributed by atoms with Crippen LogP contribution in [-0.2, 0) is 9.59 Å². The normalized spacial score (nSPS) is 15.4. The molecular formula is C10H6FNO2. The second kappa shape index (κ2) is 3.06. The van der Waals surface area contributed by atoms with E-state index in [0.29, 0.717) is 5.56 Å². The molecule has 0 unspecified atom stereocenters. The molecule has 0 atom stereocenters. The number of imide groups is 1. The van der Waals surface area contributed by atoms with Gasteiger partial charge in [-0.25, -0.2) is 4.39 Å². The molecule has 3 nitrogen and oxygen atoms in total. The molecule has 70 valence electrons. The van der Waals surface area contributed by atoms with E-state index in [0.717, 1.165) is 0 Å². The first kappa shape index (κ1) is 8.62. The minimum absolute atomic E-state index is 0.273. The second-order valence-corrected chi connectivity index (χ2v) is 2.88. The van der Waals surface area contributed by atoms with Crippen molar-refractivity contribution in [3.63, 3.8) is 0 Å². The lowest BCUT2D eigenvalue weighted by Crippen LogP contribution is -2.21. The van der Waals surface area contributed by atoms with Crippen LogP contribution in [0, 0.1) is 5.82 Å². The maximum absolute atomic E-state index is 12.6. The van der Waals surface area contributed by atoms with Gasteiger partial charge in [-0.05, 0) is 17.7 Å². The molecule has 0 bridgehead atoms. The molecule has 0 saturated carbocycles. The van der Waals surface area contributed by atoms with Crippen LogP contribution < -0.4 is 5.32 Å². The van der Waals surface area contributed by atoms with Gasteiger partial charge in [0.1, 0.15) is 5.82 Å². The Labute approximate surface area is 79.2 Å². The van der Waals surface area contributed by atoms with E-state index in [2.05, 4.69) is 5.32 Å². The third-order valence-electron chi connectivity index (χ3n) is 1.91. The Kier molecular flexibility index (Phi) is 1.89. The van der Waals surface area contributed by atoms with Crippen LogP contribution in [0.5, 0.6) is 0 Å². The van der Waals surface area contributed by atoms with Crippen LogP contribution in [-0.4, -0.2) is 11.8 Å². The summed E-state index contributed by atoms with van der Waals surface area (Å²) in [6.07, 6.45) is 1.20. The number of amides is 2. The molecule has 1 aliphatic rings. The fourth-order valence-corrected chi connectivity index (χ4v) is 1.26. The van der Waals surface area contributed by atoms with Crippen molar-refractivity contribution in [1.29, 1.82) is 0 Å². The lowest BCUT2D eigenvalue weighted by Gasteiger charge is -1.98. The fraction of sp³-hybridized carbons (Fsp3) is 0. The summed E-state index contributed by atoms with van der Waals surface area (Å²) in [6.45, 7) is 0. The minimum atomic E-state index is -0.443. The first-order chi connectivity index (χ1) is 6.66. The second-order valence-electron chi connectivity index (χ2n) is 2.88. The predicted molar refractivity (Wildman–Crippen MR) is 47.5 cm³/mol. The Morgan fingerprint density at radius 2 is 1.71 bits per heavy atom. The highest BCUT2D eigenvalue weighted by Gasteiger charge is 2.21. The van der Waals surface area contributed by atoms with Crippen LogP contribution in [0.2, 0.25) is 0 Å². The maximum atomic E-state index is 12.6. The summed E-state index contributed by atoms with van der Waals surface area (Å²) in [7, 11) is 0. The number of nitrogens with one attached hydrogen (secondary N) is 1. The van der Waals surface area contributed by atoms with Crippen LogP contribution >= 0.6 is 0 Å². The molecule has 1 heterocycles. The SMILES string of the molecule is O=C1C=C(c2ccc(F)cc2)C(=O)N1. The quantitative estimate of drug-likeness (QED) is 0.669. The van der Waals surface area contributed by atoms with Gasteiger partial charge in [-0.2, -0.15) is 0 Å². The Morgan fingerprint density at radius 3 is 2.21 bits per heavy atom. The highest BCUT2D eigenvalue weighted by molar-refractivity contribution is 6.33. The Morgan fingerprint density at radius 1 is 1.07 bits per heavy atom. The van der Waals surface area contributed by atoms with Crippen LogP contribution in [0.3, 0.4) is 0 Å². The Balaban J connectivity index is 2.41. The van der Waals surface area contributed by atoms with Crippen molar-refractivity contribution in [2.45, 2.75) is 0 Å². The number of halogens is 1. The van der Waals surface area contributed by atoms with Crippen molar-refractivity contribution in [3.8, 4) is 0 Å². The van der Waals surface area contributed by atoms with Gasteiger partial charge in [0.25, 0.3) is 11.8 Å². The van der Waals surface area contributed by atoms with Crippen LogP contribution in [0.1, 0.15) is 5.56 Å². The topological polar surface area (TPSA) is 46.2 Å². The largest absolute Gasteiger partial charge is 0.289 e. The molecule has 1 aromatic carbocycles. The molecule has 0 radical (unpaired) electrons. The molecule has 0 aromatic heterocycles. The summed E-state index contributed by atoms with van der Waals surface area (Å²) in [5.74, 6) is -1.25. The molecule has 14 heavy (non-hydrogen) atoms.